The number of rotatable bonds is 3. The van der Waals surface area contributed by atoms with E-state index in [9.17, 15) is 17.6 Å². The quantitative estimate of drug-likeness (QED) is 0.310. The molecule has 30 heavy (non-hydrogen) atoms. The van der Waals surface area contributed by atoms with Crippen molar-refractivity contribution < 1.29 is 27.4 Å². The fourth-order valence-corrected chi connectivity index (χ4v) is 4.52. The van der Waals surface area contributed by atoms with Crippen LogP contribution in [0.5, 0.6) is 0 Å². The van der Waals surface area contributed by atoms with Gasteiger partial charge in [-0.05, 0) is 23.8 Å². The highest BCUT2D eigenvalue weighted by atomic mass is 79.9. The van der Waals surface area contributed by atoms with Crippen LogP contribution in [0, 0.1) is 6.54 Å². The third kappa shape index (κ3) is 3.38. The first kappa shape index (κ1) is 21.7. The molecule has 2 aliphatic heterocycles. The van der Waals surface area contributed by atoms with Crippen LogP contribution in [-0.2, 0) is 16.1 Å². The van der Waals surface area contributed by atoms with Crippen molar-refractivity contribution in [1.82, 2.24) is 0 Å². The van der Waals surface area contributed by atoms with Crippen molar-refractivity contribution in [3.05, 3.63) is 73.1 Å². The molecule has 0 bridgehead atoms. The first-order valence-electron chi connectivity index (χ1n) is 8.38. The van der Waals surface area contributed by atoms with Crippen LogP contribution in [0.25, 0.3) is 0 Å². The van der Waals surface area contributed by atoms with Crippen molar-refractivity contribution in [2.75, 3.05) is 0 Å². The molecule has 0 saturated heterocycles. The van der Waals surface area contributed by atoms with Gasteiger partial charge in [-0.25, -0.2) is 0 Å². The number of nitrogens with zero attached hydrogens (tertiary/aromatic N) is 1. The summed E-state index contributed by atoms with van der Waals surface area (Å²) in [6, 6.07) is 6.57. The Morgan fingerprint density at radius 1 is 1.13 bits per heavy atom. The zero-order valence-electron chi connectivity index (χ0n) is 14.6. The van der Waals surface area contributed by atoms with Crippen molar-refractivity contribution in [1.29, 1.82) is 0 Å². The van der Waals surface area contributed by atoms with E-state index in [2.05, 4.69) is 26.1 Å². The monoisotopic (exact) mass is 542 g/mol. The van der Waals surface area contributed by atoms with Crippen LogP contribution in [-0.4, -0.2) is 18.1 Å². The number of nitrogens with one attached hydrogen (secondary N) is 1. The molecule has 4 rings (SSSR count). The summed E-state index contributed by atoms with van der Waals surface area (Å²) in [6.45, 7) is 1.26. The molecule has 0 amide bonds. The van der Waals surface area contributed by atoms with Gasteiger partial charge in [0.05, 0.1) is 20.8 Å². The normalized spacial score (nSPS) is 25.4. The summed E-state index contributed by atoms with van der Waals surface area (Å²) in [4.78, 5) is 7.58. The molecule has 2 atom stereocenters. The topological polar surface area (TPSA) is 35.6 Å². The van der Waals surface area contributed by atoms with Gasteiger partial charge in [0.25, 0.3) is 5.60 Å². The number of alkyl halides is 4. The molecule has 0 saturated carbocycles. The van der Waals surface area contributed by atoms with Crippen LogP contribution >= 0.6 is 50.7 Å². The molecule has 2 unspecified atom stereocenters. The third-order valence-corrected chi connectivity index (χ3v) is 6.79. The minimum absolute atomic E-state index is 0.0365. The average molecular weight is 545 g/mol. The van der Waals surface area contributed by atoms with Gasteiger partial charge in [-0.15, -0.1) is 0 Å². The van der Waals surface area contributed by atoms with E-state index in [1.54, 1.807) is 0 Å². The summed E-state index contributed by atoms with van der Waals surface area (Å²) < 4.78 is 57.3. The zero-order chi connectivity index (χ0) is 21.9. The maximum Gasteiger partial charge on any atom is 0.435 e. The minimum atomic E-state index is -4.83. The molecule has 2 aromatic rings. The standard InChI is InChI=1S/C19H10BrCl3F4N2O/c20-12-3-9(1-2-11(12)17(24)7-28-8-17)15-6-18(30-29-15,19(25,26)27)10-4-13(21)16(23)14(22)5-10/h1-5,7-8,28H,6H2. The van der Waals surface area contributed by atoms with Crippen molar-refractivity contribution in [2.45, 2.75) is 23.9 Å². The van der Waals surface area contributed by atoms with Gasteiger partial charge in [-0.2, -0.15) is 13.2 Å². The summed E-state index contributed by atoms with van der Waals surface area (Å²) in [5.41, 5.74) is -4.18. The molecule has 2 heterocycles. The van der Waals surface area contributed by atoms with E-state index in [1.165, 1.54) is 31.0 Å². The molecular weight excluding hydrogens is 534 g/mol. The lowest BCUT2D eigenvalue weighted by molar-refractivity contribution is -0.457. The third-order valence-electron chi connectivity index (χ3n) is 4.94. The van der Waals surface area contributed by atoms with Gasteiger partial charge in [0.2, 0.25) is 0 Å². The number of hydrogen-bond acceptors (Lipinski definition) is 2. The number of benzene rings is 2. The smallest absolute Gasteiger partial charge is 0.378 e. The highest BCUT2D eigenvalue weighted by Crippen LogP contribution is 2.50. The Hall–Kier alpha value is -1.48. The fourth-order valence-electron chi connectivity index (χ4n) is 3.24. The lowest BCUT2D eigenvalue weighted by atomic mass is 9.86. The summed E-state index contributed by atoms with van der Waals surface area (Å²) >= 11 is 21.0. The Morgan fingerprint density at radius 2 is 1.77 bits per heavy atom. The van der Waals surface area contributed by atoms with Crippen molar-refractivity contribution >= 4 is 62.7 Å². The second-order valence-corrected chi connectivity index (χ2v) is 8.85. The highest BCUT2D eigenvalue weighted by Gasteiger charge is 2.62. The van der Waals surface area contributed by atoms with Gasteiger partial charge < -0.3 is 9.83 Å². The molecule has 0 aromatic heterocycles. The van der Waals surface area contributed by atoms with E-state index in [0.29, 0.717) is 15.6 Å². The molecule has 3 nitrogen and oxygen atoms in total. The molecule has 11 heteroatoms. The molecule has 1 N–H and O–H groups in total. The Kier molecular flexibility index (Phi) is 5.28. The van der Waals surface area contributed by atoms with Crippen LogP contribution in [0.15, 0.2) is 40.0 Å². The zero-order valence-corrected chi connectivity index (χ0v) is 18.5. The number of hydrogen-bond donors (Lipinski definition) is 1. The average Bonchev–Trinajstić information content (AvgIpc) is 3.10. The van der Waals surface area contributed by atoms with Gasteiger partial charge in [-0.3, -0.25) is 4.39 Å². The van der Waals surface area contributed by atoms with E-state index in [-0.39, 0.29) is 26.3 Å². The molecule has 2 aliphatic rings. The molecule has 0 spiro atoms. The van der Waals surface area contributed by atoms with Crippen LogP contribution in [0.3, 0.4) is 0 Å². The maximum atomic E-state index is 14.6. The summed E-state index contributed by atoms with van der Waals surface area (Å²) in [6.07, 6.45) is -4.21. The summed E-state index contributed by atoms with van der Waals surface area (Å²) in [7, 11) is 0. The Morgan fingerprint density at radius 3 is 2.27 bits per heavy atom. The minimum Gasteiger partial charge on any atom is -0.378 e. The largest absolute Gasteiger partial charge is 0.435 e. The first-order chi connectivity index (χ1) is 14.0. The van der Waals surface area contributed by atoms with Crippen molar-refractivity contribution in [3.63, 3.8) is 0 Å². The lowest BCUT2D eigenvalue weighted by Gasteiger charge is -2.30. The first-order valence-corrected chi connectivity index (χ1v) is 10.3. The van der Waals surface area contributed by atoms with Gasteiger partial charge in [0.15, 0.2) is 5.67 Å². The summed E-state index contributed by atoms with van der Waals surface area (Å²) in [5, 5.41) is 3.35. The predicted molar refractivity (Wildman–Crippen MR) is 110 cm³/mol. The predicted octanol–water partition coefficient (Wildman–Crippen LogP) is 5.48. The Labute approximate surface area is 191 Å². The van der Waals surface area contributed by atoms with E-state index in [0.717, 1.165) is 12.1 Å². The molecule has 0 radical (unpaired) electrons. The molecule has 158 valence electrons. The molecule has 0 fully saturated rings. The lowest BCUT2D eigenvalue weighted by Crippen LogP contribution is -2.81. The maximum absolute atomic E-state index is 14.6. The van der Waals surface area contributed by atoms with Crippen LogP contribution in [0.2, 0.25) is 15.1 Å². The van der Waals surface area contributed by atoms with E-state index in [1.807, 2.05) is 0 Å². The summed E-state index contributed by atoms with van der Waals surface area (Å²) in [5.74, 6) is 0. The SMILES string of the molecule is FC1(c2ccc(C3=NOC(c4cc(Cl)c(Cl)c(Cl)c4)(C(F)(F)F)C3)cc2Br)C=[NH+][CH-]1. The fraction of sp³-hybridized carbons (Fsp3) is 0.211. The second-order valence-electron chi connectivity index (χ2n) is 6.80. The van der Waals surface area contributed by atoms with Gasteiger partial charge in [-0.1, -0.05) is 68.0 Å². The Bertz CT molecular complexity index is 1080. The van der Waals surface area contributed by atoms with Crippen LogP contribution in [0.4, 0.5) is 17.6 Å². The molecule has 0 aliphatic carbocycles. The van der Waals surface area contributed by atoms with Gasteiger partial charge in [0, 0.05) is 34.8 Å². The van der Waals surface area contributed by atoms with Crippen LogP contribution in [0.1, 0.15) is 23.1 Å². The molecular formula is C19H10BrCl3F4N2O. The number of halogens is 8. The highest BCUT2D eigenvalue weighted by molar-refractivity contribution is 9.10. The molecule has 2 aromatic carbocycles. The second kappa shape index (κ2) is 7.29. The van der Waals surface area contributed by atoms with E-state index >= 15 is 0 Å². The van der Waals surface area contributed by atoms with Gasteiger partial charge in [0.1, 0.15) is 0 Å². The van der Waals surface area contributed by atoms with E-state index < -0.39 is 23.9 Å². The Balaban J connectivity index is 1.71. The van der Waals surface area contributed by atoms with E-state index in [4.69, 9.17) is 39.6 Å². The number of oxime groups is 1. The van der Waals surface area contributed by atoms with Crippen molar-refractivity contribution in [2.24, 2.45) is 5.16 Å². The van der Waals surface area contributed by atoms with Gasteiger partial charge >= 0.3 is 6.18 Å². The van der Waals surface area contributed by atoms with Crippen molar-refractivity contribution in [3.8, 4) is 0 Å². The van der Waals surface area contributed by atoms with Crippen LogP contribution < -0.4 is 4.99 Å².